The Hall–Kier alpha value is -2.54. The largest absolute Gasteiger partial charge is 0.452 e. The van der Waals surface area contributed by atoms with Crippen LogP contribution < -0.4 is 5.32 Å². The Kier molecular flexibility index (Phi) is 6.20. The van der Waals surface area contributed by atoms with Gasteiger partial charge in [-0.25, -0.2) is 9.18 Å². The summed E-state index contributed by atoms with van der Waals surface area (Å²) in [5, 5.41) is 2.48. The fourth-order valence-electron chi connectivity index (χ4n) is 1.93. The van der Waals surface area contributed by atoms with Crippen LogP contribution in [-0.2, 0) is 20.3 Å². The zero-order valence-electron chi connectivity index (χ0n) is 13.0. The summed E-state index contributed by atoms with van der Waals surface area (Å²) >= 11 is 0. The van der Waals surface area contributed by atoms with Gasteiger partial charge >= 0.3 is 5.97 Å². The van der Waals surface area contributed by atoms with Gasteiger partial charge in [0.1, 0.15) is 5.82 Å². The molecule has 0 unspecified atom stereocenters. The number of hydrogen-bond acceptors (Lipinski definition) is 4. The predicted molar refractivity (Wildman–Crippen MR) is 88.7 cm³/mol. The van der Waals surface area contributed by atoms with E-state index >= 15 is 0 Å². The molecule has 1 N–H and O–H groups in total. The van der Waals surface area contributed by atoms with Crippen LogP contribution in [-0.4, -0.2) is 28.4 Å². The predicted octanol–water partition coefficient (Wildman–Crippen LogP) is 2.75. The SMILES string of the molecule is CC[S@@](=O)c1ccccc1C(=O)OCC(=O)Nc1ccc(F)cc1. The van der Waals surface area contributed by atoms with E-state index in [9.17, 15) is 18.2 Å². The normalized spacial score (nSPS) is 11.6. The van der Waals surface area contributed by atoms with Gasteiger partial charge in [-0.05, 0) is 36.4 Å². The second-order valence-corrected chi connectivity index (χ2v) is 6.47. The first-order valence-corrected chi connectivity index (χ1v) is 8.53. The molecule has 0 bridgehead atoms. The maximum atomic E-state index is 12.8. The van der Waals surface area contributed by atoms with Crippen molar-refractivity contribution >= 4 is 28.4 Å². The van der Waals surface area contributed by atoms with Crippen molar-refractivity contribution in [3.63, 3.8) is 0 Å². The summed E-state index contributed by atoms with van der Waals surface area (Å²) in [4.78, 5) is 24.2. The van der Waals surface area contributed by atoms with Crippen molar-refractivity contribution in [3.8, 4) is 0 Å². The third kappa shape index (κ3) is 4.73. The smallest absolute Gasteiger partial charge is 0.339 e. The summed E-state index contributed by atoms with van der Waals surface area (Å²) in [6.07, 6.45) is 0. The lowest BCUT2D eigenvalue weighted by Gasteiger charge is -2.09. The summed E-state index contributed by atoms with van der Waals surface area (Å²) in [7, 11) is -1.31. The minimum absolute atomic E-state index is 0.173. The van der Waals surface area contributed by atoms with Crippen LogP contribution >= 0.6 is 0 Å². The number of ether oxygens (including phenoxy) is 1. The fourth-order valence-corrected chi connectivity index (χ4v) is 2.87. The number of carbonyl (C=O) groups excluding carboxylic acids is 2. The highest BCUT2D eigenvalue weighted by Crippen LogP contribution is 2.15. The van der Waals surface area contributed by atoms with Gasteiger partial charge in [-0.15, -0.1) is 0 Å². The monoisotopic (exact) mass is 349 g/mol. The lowest BCUT2D eigenvalue weighted by Crippen LogP contribution is -2.21. The Morgan fingerprint density at radius 3 is 2.46 bits per heavy atom. The van der Waals surface area contributed by atoms with E-state index in [1.807, 2.05) is 0 Å². The van der Waals surface area contributed by atoms with E-state index in [0.717, 1.165) is 0 Å². The van der Waals surface area contributed by atoms with Crippen LogP contribution in [0.25, 0.3) is 0 Å². The first kappa shape index (κ1) is 17.8. The second kappa shape index (κ2) is 8.35. The molecule has 0 saturated carbocycles. The molecule has 0 spiro atoms. The van der Waals surface area contributed by atoms with Crippen LogP contribution in [0.4, 0.5) is 10.1 Å². The molecule has 0 heterocycles. The minimum Gasteiger partial charge on any atom is -0.452 e. The molecule has 0 aromatic heterocycles. The van der Waals surface area contributed by atoms with Crippen LogP contribution in [0.2, 0.25) is 0 Å². The van der Waals surface area contributed by atoms with E-state index in [4.69, 9.17) is 4.74 Å². The Labute approximate surface area is 141 Å². The van der Waals surface area contributed by atoms with Gasteiger partial charge in [0.2, 0.25) is 0 Å². The molecule has 7 heteroatoms. The zero-order valence-corrected chi connectivity index (χ0v) is 13.8. The summed E-state index contributed by atoms with van der Waals surface area (Å²) in [6.45, 7) is 1.25. The van der Waals surface area contributed by atoms with Crippen molar-refractivity contribution in [1.29, 1.82) is 0 Å². The number of hydrogen-bond donors (Lipinski definition) is 1. The lowest BCUT2D eigenvalue weighted by atomic mass is 10.2. The highest BCUT2D eigenvalue weighted by Gasteiger charge is 2.17. The summed E-state index contributed by atoms with van der Waals surface area (Å²) in [5.74, 6) is -1.32. The first-order valence-electron chi connectivity index (χ1n) is 7.21. The van der Waals surface area contributed by atoms with Crippen molar-refractivity contribution in [2.24, 2.45) is 0 Å². The second-order valence-electron chi connectivity index (χ2n) is 4.76. The van der Waals surface area contributed by atoms with E-state index in [1.54, 1.807) is 25.1 Å². The third-order valence-corrected chi connectivity index (χ3v) is 4.45. The standard InChI is InChI=1S/C17H16FNO4S/c1-2-24(22)15-6-4-3-5-14(15)17(21)23-11-16(20)19-13-9-7-12(18)8-10-13/h3-10H,2,11H2,1H3,(H,19,20)/t24-/m1/s1. The molecule has 126 valence electrons. The molecule has 0 aliphatic carbocycles. The van der Waals surface area contributed by atoms with Gasteiger partial charge < -0.3 is 10.1 Å². The van der Waals surface area contributed by atoms with Crippen molar-refractivity contribution in [2.75, 3.05) is 17.7 Å². The van der Waals surface area contributed by atoms with Gasteiger partial charge in [0.25, 0.3) is 5.91 Å². The van der Waals surface area contributed by atoms with E-state index in [1.165, 1.54) is 30.3 Å². The Morgan fingerprint density at radius 2 is 1.79 bits per heavy atom. The van der Waals surface area contributed by atoms with Crippen LogP contribution in [0.1, 0.15) is 17.3 Å². The van der Waals surface area contributed by atoms with Gasteiger partial charge in [-0.2, -0.15) is 0 Å². The molecular weight excluding hydrogens is 333 g/mol. The van der Waals surface area contributed by atoms with Crippen molar-refractivity contribution in [2.45, 2.75) is 11.8 Å². The molecule has 24 heavy (non-hydrogen) atoms. The molecule has 0 aliphatic rings. The van der Waals surface area contributed by atoms with Gasteiger partial charge in [-0.3, -0.25) is 9.00 Å². The summed E-state index contributed by atoms with van der Waals surface area (Å²) in [6, 6.07) is 11.6. The topological polar surface area (TPSA) is 72.5 Å². The molecular formula is C17H16FNO4S. The molecule has 0 radical (unpaired) electrons. The number of esters is 1. The molecule has 2 aromatic rings. The van der Waals surface area contributed by atoms with Crippen molar-refractivity contribution in [1.82, 2.24) is 0 Å². The van der Waals surface area contributed by atoms with E-state index in [2.05, 4.69) is 5.32 Å². The zero-order chi connectivity index (χ0) is 17.5. The van der Waals surface area contributed by atoms with Gasteiger partial charge in [0.05, 0.1) is 21.3 Å². The average Bonchev–Trinajstić information content (AvgIpc) is 2.61. The highest BCUT2D eigenvalue weighted by atomic mass is 32.2. The first-order chi connectivity index (χ1) is 11.5. The number of amides is 1. The van der Waals surface area contributed by atoms with Crippen LogP contribution in [0, 0.1) is 5.82 Å². The molecule has 0 saturated heterocycles. The van der Waals surface area contributed by atoms with Gasteiger partial charge in [0.15, 0.2) is 6.61 Å². The number of benzene rings is 2. The van der Waals surface area contributed by atoms with Crippen LogP contribution in [0.15, 0.2) is 53.4 Å². The third-order valence-electron chi connectivity index (χ3n) is 3.08. The molecule has 2 rings (SSSR count). The Morgan fingerprint density at radius 1 is 1.12 bits per heavy atom. The summed E-state index contributed by atoms with van der Waals surface area (Å²) < 4.78 is 29.7. The minimum atomic E-state index is -1.31. The number of rotatable bonds is 6. The number of carbonyl (C=O) groups is 2. The van der Waals surface area contributed by atoms with Crippen LogP contribution in [0.3, 0.4) is 0 Å². The molecule has 5 nitrogen and oxygen atoms in total. The number of halogens is 1. The number of nitrogens with one attached hydrogen (secondary N) is 1. The van der Waals surface area contributed by atoms with E-state index in [-0.39, 0.29) is 5.56 Å². The van der Waals surface area contributed by atoms with Crippen molar-refractivity contribution in [3.05, 3.63) is 59.9 Å². The molecule has 0 fully saturated rings. The molecule has 0 aliphatic heterocycles. The van der Waals surface area contributed by atoms with E-state index in [0.29, 0.717) is 16.3 Å². The number of anilines is 1. The van der Waals surface area contributed by atoms with Gasteiger partial charge in [-0.1, -0.05) is 19.1 Å². The molecule has 2 aromatic carbocycles. The average molecular weight is 349 g/mol. The molecule has 1 atom stereocenters. The summed E-state index contributed by atoms with van der Waals surface area (Å²) in [5.41, 5.74) is 0.567. The maximum Gasteiger partial charge on any atom is 0.339 e. The van der Waals surface area contributed by atoms with Crippen molar-refractivity contribution < 1.29 is 22.9 Å². The molecule has 1 amide bonds. The Bertz CT molecular complexity index is 761. The fraction of sp³-hybridized carbons (Fsp3) is 0.176. The lowest BCUT2D eigenvalue weighted by molar-refractivity contribution is -0.119. The highest BCUT2D eigenvalue weighted by molar-refractivity contribution is 7.85. The van der Waals surface area contributed by atoms with Crippen LogP contribution in [0.5, 0.6) is 0 Å². The quantitative estimate of drug-likeness (QED) is 0.814. The van der Waals surface area contributed by atoms with Gasteiger partial charge in [0, 0.05) is 11.4 Å². The maximum absolute atomic E-state index is 12.8. The Balaban J connectivity index is 1.97. The van der Waals surface area contributed by atoms with E-state index < -0.39 is 35.1 Å².